The first-order valence-corrected chi connectivity index (χ1v) is 8.22. The molecule has 0 heterocycles. The lowest BCUT2D eigenvalue weighted by atomic mass is 9.96. The summed E-state index contributed by atoms with van der Waals surface area (Å²) in [6.07, 6.45) is 0. The summed E-state index contributed by atoms with van der Waals surface area (Å²) in [5.74, 6) is 0. The Kier molecular flexibility index (Phi) is 4.70. The molecule has 0 spiro atoms. The van der Waals surface area contributed by atoms with Gasteiger partial charge in [-0.3, -0.25) is 0 Å². The zero-order chi connectivity index (χ0) is 18.3. The summed E-state index contributed by atoms with van der Waals surface area (Å²) >= 11 is 0. The van der Waals surface area contributed by atoms with Crippen LogP contribution in [0, 0.1) is 55.4 Å². The molecule has 2 aromatic rings. The van der Waals surface area contributed by atoms with Gasteiger partial charge in [-0.15, -0.1) is 10.2 Å². The van der Waals surface area contributed by atoms with Crippen LogP contribution in [-0.4, -0.2) is 0 Å². The van der Waals surface area contributed by atoms with E-state index >= 15 is 0 Å². The van der Waals surface area contributed by atoms with Gasteiger partial charge >= 0.3 is 0 Å². The van der Waals surface area contributed by atoms with Crippen molar-refractivity contribution in [3.05, 3.63) is 44.5 Å². The van der Waals surface area contributed by atoms with Crippen molar-refractivity contribution in [1.82, 2.24) is 0 Å². The molecule has 0 aromatic heterocycles. The highest BCUT2D eigenvalue weighted by molar-refractivity contribution is 5.71. The number of nitrogen functional groups attached to an aromatic ring is 2. The van der Waals surface area contributed by atoms with Crippen LogP contribution >= 0.6 is 0 Å². The van der Waals surface area contributed by atoms with Crippen molar-refractivity contribution in [3.63, 3.8) is 0 Å². The van der Waals surface area contributed by atoms with Gasteiger partial charge in [0.15, 0.2) is 0 Å². The first-order valence-electron chi connectivity index (χ1n) is 8.22. The minimum absolute atomic E-state index is 0.843. The molecule has 0 aliphatic rings. The van der Waals surface area contributed by atoms with Crippen molar-refractivity contribution < 1.29 is 0 Å². The van der Waals surface area contributed by atoms with Crippen LogP contribution in [0.5, 0.6) is 0 Å². The van der Waals surface area contributed by atoms with E-state index in [-0.39, 0.29) is 0 Å². The number of hydrogen-bond donors (Lipinski definition) is 2. The van der Waals surface area contributed by atoms with E-state index in [0.29, 0.717) is 0 Å². The van der Waals surface area contributed by atoms with Gasteiger partial charge in [-0.1, -0.05) is 0 Å². The third-order valence-electron chi connectivity index (χ3n) is 5.54. The Morgan fingerprint density at radius 2 is 0.625 bits per heavy atom. The normalized spacial score (nSPS) is 11.5. The fourth-order valence-corrected chi connectivity index (χ4v) is 3.04. The average Bonchev–Trinajstić information content (AvgIpc) is 2.57. The molecule has 0 saturated heterocycles. The van der Waals surface area contributed by atoms with Crippen LogP contribution in [-0.2, 0) is 0 Å². The molecule has 0 amide bonds. The number of rotatable bonds is 2. The predicted molar refractivity (Wildman–Crippen MR) is 104 cm³/mol. The van der Waals surface area contributed by atoms with Gasteiger partial charge in [0.05, 0.1) is 11.4 Å². The molecule has 4 nitrogen and oxygen atoms in total. The molecule has 2 aromatic carbocycles. The highest BCUT2D eigenvalue weighted by Gasteiger charge is 2.15. The minimum atomic E-state index is 0.843. The average molecular weight is 324 g/mol. The van der Waals surface area contributed by atoms with Crippen LogP contribution in [0.15, 0.2) is 10.2 Å². The van der Waals surface area contributed by atoms with Gasteiger partial charge in [-0.2, -0.15) is 0 Å². The largest absolute Gasteiger partial charge is 0.398 e. The Balaban J connectivity index is 2.67. The molecule has 0 bridgehead atoms. The summed E-state index contributed by atoms with van der Waals surface area (Å²) in [5, 5.41) is 9.20. The highest BCUT2D eigenvalue weighted by Crippen LogP contribution is 2.38. The van der Waals surface area contributed by atoms with Crippen LogP contribution in [0.4, 0.5) is 22.7 Å². The molecule has 0 fully saturated rings. The molecule has 128 valence electrons. The number of anilines is 2. The number of nitrogens with two attached hydrogens (primary N) is 2. The van der Waals surface area contributed by atoms with Crippen molar-refractivity contribution in [2.75, 3.05) is 11.5 Å². The smallest absolute Gasteiger partial charge is 0.0922 e. The summed E-state index contributed by atoms with van der Waals surface area (Å²) < 4.78 is 0. The van der Waals surface area contributed by atoms with E-state index in [4.69, 9.17) is 11.5 Å². The van der Waals surface area contributed by atoms with Crippen LogP contribution in [0.3, 0.4) is 0 Å². The Hall–Kier alpha value is -2.36. The zero-order valence-corrected chi connectivity index (χ0v) is 16.0. The number of azo groups is 1. The van der Waals surface area contributed by atoms with Crippen LogP contribution in [0.2, 0.25) is 0 Å². The van der Waals surface area contributed by atoms with E-state index in [0.717, 1.165) is 67.3 Å². The second-order valence-corrected chi connectivity index (χ2v) is 6.72. The Bertz CT molecular complexity index is 731. The molecular weight excluding hydrogens is 296 g/mol. The molecule has 0 radical (unpaired) electrons. The molecule has 2 rings (SSSR count). The highest BCUT2D eigenvalue weighted by atomic mass is 15.1. The van der Waals surface area contributed by atoms with Gasteiger partial charge < -0.3 is 11.5 Å². The minimum Gasteiger partial charge on any atom is -0.398 e. The van der Waals surface area contributed by atoms with Gasteiger partial charge in [-0.25, -0.2) is 0 Å². The summed E-state index contributed by atoms with van der Waals surface area (Å²) in [7, 11) is 0. The maximum atomic E-state index is 6.18. The van der Waals surface area contributed by atoms with E-state index in [1.165, 1.54) is 0 Å². The van der Waals surface area contributed by atoms with Crippen LogP contribution in [0.25, 0.3) is 0 Å². The predicted octanol–water partition coefficient (Wildman–Crippen LogP) is 5.73. The van der Waals surface area contributed by atoms with Crippen molar-refractivity contribution in [2.24, 2.45) is 10.2 Å². The third-order valence-corrected chi connectivity index (χ3v) is 5.54. The van der Waals surface area contributed by atoms with E-state index in [1.807, 2.05) is 55.4 Å². The molecule has 4 heteroatoms. The SMILES string of the molecule is Cc1c(C)c(N=Nc2c(C)c(C)c(N)c(C)c2C)c(C)c(C)c1N. The second-order valence-electron chi connectivity index (χ2n) is 6.72. The molecule has 0 unspecified atom stereocenters. The van der Waals surface area contributed by atoms with Crippen molar-refractivity contribution in [1.29, 1.82) is 0 Å². The molecule has 0 atom stereocenters. The molecule has 4 N–H and O–H groups in total. The number of hydrogen-bond acceptors (Lipinski definition) is 4. The number of benzene rings is 2. The van der Waals surface area contributed by atoms with Gasteiger partial charge in [0.25, 0.3) is 0 Å². The quantitative estimate of drug-likeness (QED) is 0.546. The molecule has 0 saturated carbocycles. The third kappa shape index (κ3) is 2.66. The fourth-order valence-electron chi connectivity index (χ4n) is 3.04. The second kappa shape index (κ2) is 6.27. The zero-order valence-electron chi connectivity index (χ0n) is 16.0. The first kappa shape index (κ1) is 18.0. The molecule has 0 aliphatic carbocycles. The standard InChI is InChI=1S/C20H28N4/c1-9-13(5)19(14(6)10(2)17(9)21)23-24-20-15(7)11(3)18(22)12(4)16(20)8/h21-22H2,1-8H3. The van der Waals surface area contributed by atoms with Crippen LogP contribution < -0.4 is 11.5 Å². The summed E-state index contributed by atoms with van der Waals surface area (Å²) in [5.41, 5.74) is 24.5. The lowest BCUT2D eigenvalue weighted by Gasteiger charge is -2.16. The summed E-state index contributed by atoms with van der Waals surface area (Å²) in [6, 6.07) is 0. The molecular formula is C20H28N4. The van der Waals surface area contributed by atoms with Crippen molar-refractivity contribution >= 4 is 22.7 Å². The van der Waals surface area contributed by atoms with Crippen LogP contribution in [0.1, 0.15) is 44.5 Å². The van der Waals surface area contributed by atoms with Crippen molar-refractivity contribution in [3.8, 4) is 0 Å². The van der Waals surface area contributed by atoms with E-state index in [9.17, 15) is 0 Å². The van der Waals surface area contributed by atoms with E-state index in [2.05, 4.69) is 10.2 Å². The van der Waals surface area contributed by atoms with Gasteiger partial charge in [0.1, 0.15) is 0 Å². The first-order chi connectivity index (χ1) is 11.1. The van der Waals surface area contributed by atoms with E-state index < -0.39 is 0 Å². The topological polar surface area (TPSA) is 76.8 Å². The van der Waals surface area contributed by atoms with Crippen molar-refractivity contribution in [2.45, 2.75) is 55.4 Å². The van der Waals surface area contributed by atoms with Gasteiger partial charge in [0, 0.05) is 11.4 Å². The molecule has 0 aliphatic heterocycles. The molecule has 24 heavy (non-hydrogen) atoms. The lowest BCUT2D eigenvalue weighted by molar-refractivity contribution is 1.12. The Morgan fingerprint density at radius 1 is 0.417 bits per heavy atom. The maximum Gasteiger partial charge on any atom is 0.0922 e. The Labute approximate surface area is 145 Å². The summed E-state index contributed by atoms with van der Waals surface area (Å²) in [6.45, 7) is 16.3. The van der Waals surface area contributed by atoms with Gasteiger partial charge in [0.2, 0.25) is 0 Å². The van der Waals surface area contributed by atoms with Gasteiger partial charge in [-0.05, 0) is 99.9 Å². The monoisotopic (exact) mass is 324 g/mol. The lowest BCUT2D eigenvalue weighted by Crippen LogP contribution is -2.00. The Morgan fingerprint density at radius 3 is 0.833 bits per heavy atom. The summed E-state index contributed by atoms with van der Waals surface area (Å²) in [4.78, 5) is 0. The fraction of sp³-hybridized carbons (Fsp3) is 0.400. The maximum absolute atomic E-state index is 6.18. The number of nitrogens with zero attached hydrogens (tertiary/aromatic N) is 2. The van der Waals surface area contributed by atoms with E-state index in [1.54, 1.807) is 0 Å².